The Bertz CT molecular complexity index is 316. The van der Waals surface area contributed by atoms with Crippen molar-refractivity contribution in [2.75, 3.05) is 12.3 Å². The molecule has 96 valence electrons. The third-order valence-corrected chi connectivity index (χ3v) is 3.73. The minimum absolute atomic E-state index is 0.605. The Morgan fingerprint density at radius 2 is 1.88 bits per heavy atom. The first kappa shape index (κ1) is 14.6. The Morgan fingerprint density at radius 3 is 2.41 bits per heavy atom. The standard InChI is InChI=1S/C14H23NOS/c1-4-9-15-10-12-5-7-13(8-6-12)17-11-14(2,3)16/h5-8,15-16H,4,9-11H2,1-3H3. The van der Waals surface area contributed by atoms with Gasteiger partial charge in [0.25, 0.3) is 0 Å². The molecule has 0 bridgehead atoms. The van der Waals surface area contributed by atoms with E-state index in [1.165, 1.54) is 16.9 Å². The molecule has 0 amide bonds. The monoisotopic (exact) mass is 253 g/mol. The zero-order valence-electron chi connectivity index (χ0n) is 11.0. The predicted octanol–water partition coefficient (Wildman–Crippen LogP) is 3.05. The van der Waals surface area contributed by atoms with Crippen molar-refractivity contribution in [2.45, 2.75) is 44.2 Å². The topological polar surface area (TPSA) is 32.3 Å². The van der Waals surface area contributed by atoms with Crippen LogP contribution in [0.2, 0.25) is 0 Å². The quantitative estimate of drug-likeness (QED) is 0.578. The fourth-order valence-electron chi connectivity index (χ4n) is 1.37. The summed E-state index contributed by atoms with van der Waals surface area (Å²) in [5, 5.41) is 13.0. The van der Waals surface area contributed by atoms with Crippen LogP contribution in [0.1, 0.15) is 32.8 Å². The van der Waals surface area contributed by atoms with Crippen molar-refractivity contribution in [3.63, 3.8) is 0 Å². The number of benzene rings is 1. The first-order valence-corrected chi connectivity index (χ1v) is 7.14. The molecule has 0 aromatic heterocycles. The van der Waals surface area contributed by atoms with Crippen LogP contribution >= 0.6 is 11.8 Å². The molecule has 3 heteroatoms. The molecule has 2 N–H and O–H groups in total. The van der Waals surface area contributed by atoms with Gasteiger partial charge in [0.05, 0.1) is 5.60 Å². The molecule has 0 saturated carbocycles. The van der Waals surface area contributed by atoms with Gasteiger partial charge in [0.1, 0.15) is 0 Å². The lowest BCUT2D eigenvalue weighted by atomic mass is 10.2. The molecule has 0 aliphatic carbocycles. The van der Waals surface area contributed by atoms with Crippen LogP contribution in [0, 0.1) is 0 Å². The van der Waals surface area contributed by atoms with Crippen molar-refractivity contribution < 1.29 is 5.11 Å². The van der Waals surface area contributed by atoms with E-state index in [0.717, 1.165) is 18.8 Å². The Balaban J connectivity index is 2.39. The molecule has 1 rings (SSSR count). The van der Waals surface area contributed by atoms with Crippen LogP contribution in [-0.2, 0) is 6.54 Å². The van der Waals surface area contributed by atoms with Crippen LogP contribution in [0.25, 0.3) is 0 Å². The molecule has 2 nitrogen and oxygen atoms in total. The molecule has 0 heterocycles. The van der Waals surface area contributed by atoms with E-state index in [9.17, 15) is 5.11 Å². The van der Waals surface area contributed by atoms with Gasteiger partial charge in [-0.2, -0.15) is 0 Å². The van der Waals surface area contributed by atoms with Crippen molar-refractivity contribution in [1.82, 2.24) is 5.32 Å². The molecule has 0 radical (unpaired) electrons. The summed E-state index contributed by atoms with van der Waals surface area (Å²) in [4.78, 5) is 1.21. The zero-order valence-corrected chi connectivity index (χ0v) is 11.8. The van der Waals surface area contributed by atoms with E-state index in [-0.39, 0.29) is 0 Å². The molecule has 0 aliphatic rings. The first-order chi connectivity index (χ1) is 8.01. The Labute approximate surface area is 109 Å². The maximum Gasteiger partial charge on any atom is 0.0685 e. The van der Waals surface area contributed by atoms with Crippen molar-refractivity contribution in [1.29, 1.82) is 0 Å². The van der Waals surface area contributed by atoms with E-state index in [2.05, 4.69) is 36.5 Å². The van der Waals surface area contributed by atoms with E-state index in [0.29, 0.717) is 0 Å². The minimum Gasteiger partial charge on any atom is -0.390 e. The van der Waals surface area contributed by atoms with Crippen LogP contribution < -0.4 is 5.32 Å². The van der Waals surface area contributed by atoms with Gasteiger partial charge in [0, 0.05) is 17.2 Å². The summed E-state index contributed by atoms with van der Waals surface area (Å²) in [6, 6.07) is 8.55. The lowest BCUT2D eigenvalue weighted by Crippen LogP contribution is -2.21. The summed E-state index contributed by atoms with van der Waals surface area (Å²) in [7, 11) is 0. The number of nitrogens with one attached hydrogen (secondary N) is 1. The van der Waals surface area contributed by atoms with Crippen LogP contribution in [-0.4, -0.2) is 23.0 Å². The van der Waals surface area contributed by atoms with Crippen LogP contribution in [0.3, 0.4) is 0 Å². The van der Waals surface area contributed by atoms with E-state index in [4.69, 9.17) is 0 Å². The van der Waals surface area contributed by atoms with Crippen LogP contribution in [0.15, 0.2) is 29.2 Å². The van der Waals surface area contributed by atoms with Crippen LogP contribution in [0.4, 0.5) is 0 Å². The molecule has 17 heavy (non-hydrogen) atoms. The second kappa shape index (κ2) is 7.04. The SMILES string of the molecule is CCCNCc1ccc(SCC(C)(C)O)cc1. The van der Waals surface area contributed by atoms with Gasteiger partial charge in [0.2, 0.25) is 0 Å². The van der Waals surface area contributed by atoms with Gasteiger partial charge in [-0.1, -0.05) is 19.1 Å². The van der Waals surface area contributed by atoms with Crippen molar-refractivity contribution in [3.05, 3.63) is 29.8 Å². The molecule has 0 unspecified atom stereocenters. The molecule has 0 atom stereocenters. The third-order valence-electron chi connectivity index (χ3n) is 2.27. The average molecular weight is 253 g/mol. The van der Waals surface area contributed by atoms with E-state index >= 15 is 0 Å². The first-order valence-electron chi connectivity index (χ1n) is 6.16. The van der Waals surface area contributed by atoms with E-state index < -0.39 is 5.60 Å². The summed E-state index contributed by atoms with van der Waals surface area (Å²) in [6.45, 7) is 7.84. The summed E-state index contributed by atoms with van der Waals surface area (Å²) in [5.41, 5.74) is 0.706. The molecule has 0 saturated heterocycles. The molecule has 0 fully saturated rings. The van der Waals surface area contributed by atoms with Crippen molar-refractivity contribution in [2.24, 2.45) is 0 Å². The molecule has 0 spiro atoms. The highest BCUT2D eigenvalue weighted by molar-refractivity contribution is 7.99. The van der Waals surface area contributed by atoms with Gasteiger partial charge in [-0.25, -0.2) is 0 Å². The van der Waals surface area contributed by atoms with Gasteiger partial charge < -0.3 is 10.4 Å². The summed E-state index contributed by atoms with van der Waals surface area (Å²) in [5.74, 6) is 0.723. The Morgan fingerprint density at radius 1 is 1.24 bits per heavy atom. The van der Waals surface area contributed by atoms with E-state index in [1.807, 2.05) is 13.8 Å². The Kier molecular flexibility index (Phi) is 6.03. The summed E-state index contributed by atoms with van der Waals surface area (Å²) in [6.07, 6.45) is 1.17. The van der Waals surface area contributed by atoms with Crippen molar-refractivity contribution in [3.8, 4) is 0 Å². The molecule has 0 aliphatic heterocycles. The normalized spacial score (nSPS) is 11.8. The second-order valence-electron chi connectivity index (χ2n) is 4.92. The van der Waals surface area contributed by atoms with Gasteiger partial charge >= 0.3 is 0 Å². The highest BCUT2D eigenvalue weighted by atomic mass is 32.2. The highest BCUT2D eigenvalue weighted by Gasteiger charge is 2.12. The van der Waals surface area contributed by atoms with Gasteiger partial charge in [-0.3, -0.25) is 0 Å². The minimum atomic E-state index is -0.605. The fourth-order valence-corrected chi connectivity index (χ4v) is 2.22. The molecule has 1 aromatic rings. The zero-order chi connectivity index (χ0) is 12.7. The lowest BCUT2D eigenvalue weighted by molar-refractivity contribution is 0.107. The molecule has 1 aromatic carbocycles. The number of rotatable bonds is 7. The average Bonchev–Trinajstić information content (AvgIpc) is 2.27. The molecular weight excluding hydrogens is 230 g/mol. The predicted molar refractivity (Wildman–Crippen MR) is 75.5 cm³/mol. The third kappa shape index (κ3) is 6.71. The van der Waals surface area contributed by atoms with Gasteiger partial charge in [-0.05, 0) is 44.5 Å². The summed E-state index contributed by atoms with van der Waals surface area (Å²) < 4.78 is 0. The smallest absolute Gasteiger partial charge is 0.0685 e. The van der Waals surface area contributed by atoms with Gasteiger partial charge in [-0.15, -0.1) is 11.8 Å². The largest absolute Gasteiger partial charge is 0.390 e. The fraction of sp³-hybridized carbons (Fsp3) is 0.571. The Hall–Kier alpha value is -0.510. The number of hydrogen-bond donors (Lipinski definition) is 2. The second-order valence-corrected chi connectivity index (χ2v) is 5.97. The number of hydrogen-bond acceptors (Lipinski definition) is 3. The van der Waals surface area contributed by atoms with Crippen molar-refractivity contribution >= 4 is 11.8 Å². The van der Waals surface area contributed by atoms with Crippen LogP contribution in [0.5, 0.6) is 0 Å². The number of thioether (sulfide) groups is 1. The molecular formula is C14H23NOS. The lowest BCUT2D eigenvalue weighted by Gasteiger charge is -2.16. The highest BCUT2D eigenvalue weighted by Crippen LogP contribution is 2.22. The maximum atomic E-state index is 9.65. The van der Waals surface area contributed by atoms with Gasteiger partial charge in [0.15, 0.2) is 0 Å². The summed E-state index contributed by atoms with van der Waals surface area (Å²) >= 11 is 1.69. The number of aliphatic hydroxyl groups is 1. The van der Waals surface area contributed by atoms with E-state index in [1.54, 1.807) is 11.8 Å². The maximum absolute atomic E-state index is 9.65.